The number of halogens is 3. The van der Waals surface area contributed by atoms with Crippen molar-refractivity contribution >= 4 is 46.0 Å². The van der Waals surface area contributed by atoms with E-state index < -0.39 is 17.0 Å². The van der Waals surface area contributed by atoms with E-state index in [9.17, 15) is 9.18 Å². The quantitative estimate of drug-likeness (QED) is 0.476. The van der Waals surface area contributed by atoms with Gasteiger partial charge in [-0.15, -0.1) is 0 Å². The van der Waals surface area contributed by atoms with Crippen LogP contribution >= 0.6 is 23.2 Å². The van der Waals surface area contributed by atoms with Gasteiger partial charge >= 0.3 is 6.09 Å². The van der Waals surface area contributed by atoms with E-state index in [1.165, 1.54) is 6.20 Å². The largest absolute Gasteiger partial charge is 0.444 e. The van der Waals surface area contributed by atoms with Gasteiger partial charge in [0.05, 0.1) is 17.0 Å². The summed E-state index contributed by atoms with van der Waals surface area (Å²) in [5, 5.41) is 0.117. The maximum atomic E-state index is 14.5. The zero-order valence-corrected chi connectivity index (χ0v) is 18.9. The molecule has 2 aromatic rings. The van der Waals surface area contributed by atoms with Crippen LogP contribution in [0.4, 0.5) is 15.0 Å². The predicted molar refractivity (Wildman–Crippen MR) is 114 cm³/mol. The second-order valence-electron chi connectivity index (χ2n) is 8.94. The van der Waals surface area contributed by atoms with Gasteiger partial charge in [-0.1, -0.05) is 18.5 Å². The highest BCUT2D eigenvalue weighted by Crippen LogP contribution is 2.44. The molecule has 2 aliphatic rings. The summed E-state index contributed by atoms with van der Waals surface area (Å²) in [6.45, 7) is 8.73. The lowest BCUT2D eigenvalue weighted by Crippen LogP contribution is -2.64. The highest BCUT2D eigenvalue weighted by atomic mass is 35.5. The van der Waals surface area contributed by atoms with Crippen molar-refractivity contribution in [1.82, 2.24) is 19.9 Å². The van der Waals surface area contributed by atoms with Gasteiger partial charge in [-0.05, 0) is 51.6 Å². The van der Waals surface area contributed by atoms with Crippen LogP contribution in [0.25, 0.3) is 10.9 Å². The van der Waals surface area contributed by atoms with Crippen LogP contribution in [-0.2, 0) is 4.74 Å². The Morgan fingerprint density at radius 2 is 2.10 bits per heavy atom. The summed E-state index contributed by atoms with van der Waals surface area (Å²) in [6, 6.07) is -0.0394. The van der Waals surface area contributed by atoms with E-state index in [1.807, 2.05) is 30.6 Å². The number of hydrogen-bond donors (Lipinski definition) is 0. The lowest BCUT2D eigenvalue weighted by atomic mass is 9.91. The van der Waals surface area contributed by atoms with Crippen molar-refractivity contribution in [2.45, 2.75) is 64.1 Å². The fourth-order valence-corrected chi connectivity index (χ4v) is 4.89. The van der Waals surface area contributed by atoms with Crippen molar-refractivity contribution in [1.29, 1.82) is 0 Å². The van der Waals surface area contributed by atoms with Crippen molar-refractivity contribution in [3.05, 3.63) is 22.5 Å². The number of rotatable bonds is 2. The Labute approximate surface area is 184 Å². The fraction of sp³-hybridized carbons (Fsp3) is 0.600. The molecule has 1 amide bonds. The number of aromatic nitrogens is 3. The summed E-state index contributed by atoms with van der Waals surface area (Å²) in [6.07, 6.45) is 3.65. The van der Waals surface area contributed by atoms with E-state index in [1.54, 1.807) is 0 Å². The first-order chi connectivity index (χ1) is 14.0. The van der Waals surface area contributed by atoms with Crippen LogP contribution < -0.4 is 4.90 Å². The number of carbonyl (C=O) groups excluding carboxylic acids is 1. The lowest BCUT2D eigenvalue weighted by molar-refractivity contribution is -0.00733. The summed E-state index contributed by atoms with van der Waals surface area (Å²) in [5.41, 5.74) is -0.924. The SMILES string of the molecule is CCC12CCC(CN(c3nc(Cl)nc4c(F)c(Cl)ncc34)C1)N2C(=O)OC(C)(C)C. The van der Waals surface area contributed by atoms with E-state index in [0.717, 1.165) is 19.3 Å². The maximum Gasteiger partial charge on any atom is 0.411 e. The third-order valence-electron chi connectivity index (χ3n) is 5.88. The Kier molecular flexibility index (Phi) is 5.21. The number of fused-ring (bicyclic) bond motifs is 3. The molecule has 2 atom stereocenters. The molecule has 2 fully saturated rings. The molecule has 2 bridgehead atoms. The molecule has 2 unspecified atom stereocenters. The molecule has 4 heterocycles. The van der Waals surface area contributed by atoms with Crippen LogP contribution in [0.3, 0.4) is 0 Å². The molecule has 0 aliphatic carbocycles. The smallest absolute Gasteiger partial charge is 0.411 e. The Hall–Kier alpha value is -1.93. The second kappa shape index (κ2) is 7.34. The molecule has 2 saturated heterocycles. The van der Waals surface area contributed by atoms with Gasteiger partial charge in [-0.3, -0.25) is 4.90 Å². The molecule has 0 aromatic carbocycles. The standard InChI is InChI=1S/C20H24Cl2FN5O2/c1-5-20-7-6-11(28(20)18(29)30-19(2,3)4)9-27(10-20)16-12-8-24-15(21)13(23)14(12)25-17(22)26-16/h8,11H,5-7,9-10H2,1-4H3. The Bertz CT molecular complexity index is 1010. The first-order valence-corrected chi connectivity index (χ1v) is 10.7. The van der Waals surface area contributed by atoms with E-state index in [0.29, 0.717) is 24.3 Å². The van der Waals surface area contributed by atoms with Gasteiger partial charge in [0.1, 0.15) is 16.9 Å². The third kappa shape index (κ3) is 3.54. The number of pyridine rings is 1. The van der Waals surface area contributed by atoms with Gasteiger partial charge in [0.15, 0.2) is 11.0 Å². The Morgan fingerprint density at radius 3 is 2.77 bits per heavy atom. The minimum Gasteiger partial charge on any atom is -0.444 e. The number of amides is 1. The molecule has 2 aliphatic heterocycles. The zero-order valence-electron chi connectivity index (χ0n) is 17.4. The first-order valence-electron chi connectivity index (χ1n) is 9.99. The average molecular weight is 456 g/mol. The molecule has 4 rings (SSSR count). The normalized spacial score (nSPS) is 23.9. The molecular weight excluding hydrogens is 432 g/mol. The van der Waals surface area contributed by atoms with Gasteiger partial charge in [0.2, 0.25) is 5.28 Å². The Balaban J connectivity index is 1.73. The first kappa shape index (κ1) is 21.3. The van der Waals surface area contributed by atoms with Crippen LogP contribution in [0.2, 0.25) is 10.4 Å². The zero-order chi connectivity index (χ0) is 21.8. The number of anilines is 1. The van der Waals surface area contributed by atoms with Crippen molar-refractivity contribution in [3.63, 3.8) is 0 Å². The number of hydrogen-bond acceptors (Lipinski definition) is 6. The summed E-state index contributed by atoms with van der Waals surface area (Å²) >= 11 is 11.9. The highest BCUT2D eigenvalue weighted by Gasteiger charge is 2.54. The summed E-state index contributed by atoms with van der Waals surface area (Å²) in [5.74, 6) is -0.220. The number of ether oxygens (including phenoxy) is 1. The van der Waals surface area contributed by atoms with Crippen LogP contribution in [-0.4, -0.2) is 56.2 Å². The maximum absolute atomic E-state index is 14.5. The van der Waals surface area contributed by atoms with Crippen molar-refractivity contribution in [2.24, 2.45) is 0 Å². The average Bonchev–Trinajstić information content (AvgIpc) is 2.90. The molecule has 30 heavy (non-hydrogen) atoms. The predicted octanol–water partition coefficient (Wildman–Crippen LogP) is 4.84. The number of carbonyl (C=O) groups is 1. The van der Waals surface area contributed by atoms with Crippen molar-refractivity contribution in [2.75, 3.05) is 18.0 Å². The molecule has 7 nitrogen and oxygen atoms in total. The topological polar surface area (TPSA) is 71.5 Å². The van der Waals surface area contributed by atoms with Crippen LogP contribution in [0.5, 0.6) is 0 Å². The van der Waals surface area contributed by atoms with Gasteiger partial charge in [0, 0.05) is 19.3 Å². The number of nitrogens with zero attached hydrogens (tertiary/aromatic N) is 5. The molecule has 0 saturated carbocycles. The van der Waals surface area contributed by atoms with Gasteiger partial charge in [0.25, 0.3) is 0 Å². The van der Waals surface area contributed by atoms with Gasteiger partial charge < -0.3 is 9.64 Å². The molecule has 2 aromatic heterocycles. The van der Waals surface area contributed by atoms with Gasteiger partial charge in [-0.25, -0.2) is 19.2 Å². The van der Waals surface area contributed by atoms with E-state index in [2.05, 4.69) is 21.9 Å². The van der Waals surface area contributed by atoms with Crippen LogP contribution in [0.15, 0.2) is 6.20 Å². The van der Waals surface area contributed by atoms with Crippen molar-refractivity contribution in [3.8, 4) is 0 Å². The van der Waals surface area contributed by atoms with E-state index in [4.69, 9.17) is 27.9 Å². The lowest BCUT2D eigenvalue weighted by Gasteiger charge is -2.49. The third-order valence-corrected chi connectivity index (χ3v) is 6.31. The summed E-state index contributed by atoms with van der Waals surface area (Å²) in [4.78, 5) is 29.3. The van der Waals surface area contributed by atoms with Gasteiger partial charge in [-0.2, -0.15) is 4.98 Å². The molecular formula is C20H24Cl2FN5O2. The van der Waals surface area contributed by atoms with Crippen LogP contribution in [0, 0.1) is 5.82 Å². The molecule has 162 valence electrons. The van der Waals surface area contributed by atoms with Crippen molar-refractivity contribution < 1.29 is 13.9 Å². The summed E-state index contributed by atoms with van der Waals surface area (Å²) < 4.78 is 20.2. The monoisotopic (exact) mass is 455 g/mol. The summed E-state index contributed by atoms with van der Waals surface area (Å²) in [7, 11) is 0. The Morgan fingerprint density at radius 1 is 1.37 bits per heavy atom. The highest BCUT2D eigenvalue weighted by molar-refractivity contribution is 6.30. The molecule has 10 heteroatoms. The molecule has 0 spiro atoms. The minimum absolute atomic E-state index is 0.0393. The molecule has 0 radical (unpaired) electrons. The van der Waals surface area contributed by atoms with Crippen LogP contribution in [0.1, 0.15) is 47.0 Å². The minimum atomic E-state index is -0.722. The van der Waals surface area contributed by atoms with E-state index >= 15 is 0 Å². The fourth-order valence-electron chi connectivity index (χ4n) is 4.58. The molecule has 0 N–H and O–H groups in total. The number of piperazine rings is 1. The van der Waals surface area contributed by atoms with E-state index in [-0.39, 0.29) is 28.1 Å². The second-order valence-corrected chi connectivity index (χ2v) is 9.64.